The molecule has 2 aromatic carbocycles. The van der Waals surface area contributed by atoms with Gasteiger partial charge in [0.05, 0.1) is 21.4 Å². The number of carbonyl (C=O) groups is 1. The van der Waals surface area contributed by atoms with Gasteiger partial charge in [0.2, 0.25) is 0 Å². The molecule has 0 aromatic heterocycles. The monoisotopic (exact) mass is 407 g/mol. The third-order valence-corrected chi connectivity index (χ3v) is 5.20. The molecule has 2 N–H and O–H groups in total. The number of hydrogen-bond acceptors (Lipinski definition) is 3. The van der Waals surface area contributed by atoms with Crippen LogP contribution in [0.4, 0.5) is 11.4 Å². The highest BCUT2D eigenvalue weighted by atomic mass is 35.5. The summed E-state index contributed by atoms with van der Waals surface area (Å²) >= 11 is 17.2. The quantitative estimate of drug-likeness (QED) is 0.693. The van der Waals surface area contributed by atoms with E-state index >= 15 is 0 Å². The summed E-state index contributed by atoms with van der Waals surface area (Å²) < 4.78 is 0. The SMILES string of the molecule is O=C(NC(=S)Nc1ccccc1N1CCCCC1)c1ccc(Cl)c(Cl)c1. The highest BCUT2D eigenvalue weighted by Crippen LogP contribution is 2.28. The van der Waals surface area contributed by atoms with Gasteiger partial charge >= 0.3 is 0 Å². The van der Waals surface area contributed by atoms with Crippen molar-refractivity contribution in [2.24, 2.45) is 0 Å². The van der Waals surface area contributed by atoms with E-state index in [4.69, 9.17) is 35.4 Å². The molecule has 0 radical (unpaired) electrons. The van der Waals surface area contributed by atoms with Crippen LogP contribution in [0, 0.1) is 0 Å². The van der Waals surface area contributed by atoms with Gasteiger partial charge in [-0.15, -0.1) is 0 Å². The molecule has 7 heteroatoms. The van der Waals surface area contributed by atoms with E-state index in [-0.39, 0.29) is 11.0 Å². The summed E-state index contributed by atoms with van der Waals surface area (Å²) in [5.41, 5.74) is 2.38. The molecular weight excluding hydrogens is 389 g/mol. The van der Waals surface area contributed by atoms with Crippen LogP contribution in [0.3, 0.4) is 0 Å². The third-order valence-electron chi connectivity index (χ3n) is 4.26. The fourth-order valence-corrected chi connectivity index (χ4v) is 3.46. The van der Waals surface area contributed by atoms with Crippen LogP contribution < -0.4 is 15.5 Å². The Kier molecular flexibility index (Phi) is 6.35. The number of nitrogens with zero attached hydrogens (tertiary/aromatic N) is 1. The molecule has 0 saturated carbocycles. The van der Waals surface area contributed by atoms with Crippen LogP contribution in [0.2, 0.25) is 10.0 Å². The lowest BCUT2D eigenvalue weighted by Gasteiger charge is -2.30. The number of nitrogens with one attached hydrogen (secondary N) is 2. The standard InChI is InChI=1S/C19H19Cl2N3OS/c20-14-9-8-13(12-15(14)21)18(25)23-19(26)22-16-6-2-3-7-17(16)24-10-4-1-5-11-24/h2-3,6-9,12H,1,4-5,10-11H2,(H2,22,23,25,26). The van der Waals surface area contributed by atoms with E-state index in [0.717, 1.165) is 24.5 Å². The first-order valence-electron chi connectivity index (χ1n) is 8.46. The van der Waals surface area contributed by atoms with Crippen LogP contribution in [0.25, 0.3) is 0 Å². The van der Waals surface area contributed by atoms with Gasteiger partial charge in [0.25, 0.3) is 5.91 Å². The zero-order valence-corrected chi connectivity index (χ0v) is 16.4. The van der Waals surface area contributed by atoms with Crippen LogP contribution in [-0.4, -0.2) is 24.1 Å². The Bertz CT molecular complexity index is 822. The van der Waals surface area contributed by atoms with Gasteiger partial charge in [-0.05, 0) is 61.8 Å². The second-order valence-corrected chi connectivity index (χ2v) is 7.32. The van der Waals surface area contributed by atoms with Crippen molar-refractivity contribution < 1.29 is 4.79 Å². The van der Waals surface area contributed by atoms with Gasteiger partial charge in [-0.25, -0.2) is 0 Å². The summed E-state index contributed by atoms with van der Waals surface area (Å²) in [5, 5.41) is 6.79. The van der Waals surface area contributed by atoms with Gasteiger partial charge in [-0.1, -0.05) is 35.3 Å². The Labute approximate surface area is 168 Å². The van der Waals surface area contributed by atoms with E-state index in [1.165, 1.54) is 25.3 Å². The Morgan fingerprint density at radius 1 is 1.00 bits per heavy atom. The van der Waals surface area contributed by atoms with Crippen LogP contribution in [0.15, 0.2) is 42.5 Å². The Morgan fingerprint density at radius 3 is 2.46 bits per heavy atom. The van der Waals surface area contributed by atoms with E-state index in [9.17, 15) is 4.79 Å². The molecule has 0 bridgehead atoms. The van der Waals surface area contributed by atoms with Crippen LogP contribution in [0.5, 0.6) is 0 Å². The van der Waals surface area contributed by atoms with Crippen LogP contribution in [0.1, 0.15) is 29.6 Å². The molecule has 1 saturated heterocycles. The molecule has 3 rings (SSSR count). The summed E-state index contributed by atoms with van der Waals surface area (Å²) in [6.07, 6.45) is 3.64. The van der Waals surface area contributed by atoms with Crippen molar-refractivity contribution in [2.45, 2.75) is 19.3 Å². The average molecular weight is 408 g/mol. The van der Waals surface area contributed by atoms with Gasteiger partial charge in [-0.2, -0.15) is 0 Å². The smallest absolute Gasteiger partial charge is 0.257 e. The lowest BCUT2D eigenvalue weighted by molar-refractivity contribution is 0.0977. The normalized spacial score (nSPS) is 14.0. The van der Waals surface area contributed by atoms with Gasteiger partial charge < -0.3 is 10.2 Å². The molecule has 136 valence electrons. The molecule has 0 aliphatic carbocycles. The van der Waals surface area contributed by atoms with Crippen molar-refractivity contribution in [3.63, 3.8) is 0 Å². The first-order valence-corrected chi connectivity index (χ1v) is 9.62. The summed E-state index contributed by atoms with van der Waals surface area (Å²) in [6, 6.07) is 12.7. The molecule has 1 amide bonds. The predicted molar refractivity (Wildman–Crippen MR) is 113 cm³/mol. The molecule has 1 aliphatic heterocycles. The summed E-state index contributed by atoms with van der Waals surface area (Å²) in [7, 11) is 0. The zero-order valence-electron chi connectivity index (χ0n) is 14.1. The number of para-hydroxylation sites is 2. The van der Waals surface area contributed by atoms with Gasteiger partial charge in [0.15, 0.2) is 5.11 Å². The molecule has 4 nitrogen and oxygen atoms in total. The second kappa shape index (κ2) is 8.71. The topological polar surface area (TPSA) is 44.4 Å². The minimum Gasteiger partial charge on any atom is -0.370 e. The molecule has 0 spiro atoms. The van der Waals surface area contributed by atoms with E-state index in [1.807, 2.05) is 18.2 Å². The largest absolute Gasteiger partial charge is 0.370 e. The lowest BCUT2D eigenvalue weighted by Crippen LogP contribution is -2.35. The van der Waals surface area contributed by atoms with Gasteiger partial charge in [0, 0.05) is 18.7 Å². The Balaban J connectivity index is 1.68. The number of hydrogen-bond donors (Lipinski definition) is 2. The van der Waals surface area contributed by atoms with Crippen LogP contribution in [-0.2, 0) is 0 Å². The first-order chi connectivity index (χ1) is 12.5. The number of piperidine rings is 1. The molecule has 2 aromatic rings. The first kappa shape index (κ1) is 19.0. The van der Waals surface area contributed by atoms with Crippen molar-refractivity contribution in [3.05, 3.63) is 58.1 Å². The summed E-state index contributed by atoms with van der Waals surface area (Å²) in [5.74, 6) is -0.337. The molecular formula is C19H19Cl2N3OS. The lowest BCUT2D eigenvalue weighted by atomic mass is 10.1. The van der Waals surface area contributed by atoms with E-state index in [0.29, 0.717) is 15.6 Å². The summed E-state index contributed by atoms with van der Waals surface area (Å²) in [6.45, 7) is 2.06. The number of halogens is 2. The number of benzene rings is 2. The Hall–Kier alpha value is -1.82. The summed E-state index contributed by atoms with van der Waals surface area (Å²) in [4.78, 5) is 14.7. The maximum atomic E-state index is 12.3. The number of amides is 1. The zero-order chi connectivity index (χ0) is 18.5. The van der Waals surface area contributed by atoms with Crippen molar-refractivity contribution >= 4 is 57.8 Å². The fourth-order valence-electron chi connectivity index (χ4n) is 2.96. The van der Waals surface area contributed by atoms with Gasteiger partial charge in [-0.3, -0.25) is 10.1 Å². The minimum atomic E-state index is -0.337. The average Bonchev–Trinajstić information content (AvgIpc) is 2.65. The molecule has 0 unspecified atom stereocenters. The highest BCUT2D eigenvalue weighted by molar-refractivity contribution is 7.80. The van der Waals surface area contributed by atoms with Crippen molar-refractivity contribution in [1.82, 2.24) is 5.32 Å². The molecule has 1 heterocycles. The van der Waals surface area contributed by atoms with E-state index < -0.39 is 0 Å². The van der Waals surface area contributed by atoms with Crippen molar-refractivity contribution in [1.29, 1.82) is 0 Å². The van der Waals surface area contributed by atoms with E-state index in [2.05, 4.69) is 21.6 Å². The molecule has 0 atom stereocenters. The van der Waals surface area contributed by atoms with Crippen LogP contribution >= 0.6 is 35.4 Å². The highest BCUT2D eigenvalue weighted by Gasteiger charge is 2.16. The molecule has 1 aliphatic rings. The molecule has 1 fully saturated rings. The predicted octanol–water partition coefficient (Wildman–Crippen LogP) is 5.11. The Morgan fingerprint density at radius 2 is 1.73 bits per heavy atom. The number of thiocarbonyl (C=S) groups is 1. The van der Waals surface area contributed by atoms with Gasteiger partial charge in [0.1, 0.15) is 0 Å². The second-order valence-electron chi connectivity index (χ2n) is 6.10. The third kappa shape index (κ3) is 4.67. The number of carbonyl (C=O) groups excluding carboxylic acids is 1. The van der Waals surface area contributed by atoms with Crippen molar-refractivity contribution in [3.8, 4) is 0 Å². The van der Waals surface area contributed by atoms with Crippen molar-refractivity contribution in [2.75, 3.05) is 23.3 Å². The number of anilines is 2. The van der Waals surface area contributed by atoms with E-state index in [1.54, 1.807) is 12.1 Å². The molecule has 26 heavy (non-hydrogen) atoms. The maximum absolute atomic E-state index is 12.3. The fraction of sp³-hybridized carbons (Fsp3) is 0.263. The number of rotatable bonds is 3. The minimum absolute atomic E-state index is 0.241. The maximum Gasteiger partial charge on any atom is 0.257 e.